The van der Waals surface area contributed by atoms with E-state index in [9.17, 15) is 9.18 Å². The minimum absolute atomic E-state index is 0.00945. The number of para-hydroxylation sites is 2. The monoisotopic (exact) mass is 285 g/mol. The number of hydrogen-bond donors (Lipinski definition) is 2. The lowest BCUT2D eigenvalue weighted by molar-refractivity contribution is 0.102. The lowest BCUT2D eigenvalue weighted by Gasteiger charge is -2.12. The van der Waals surface area contributed by atoms with Crippen molar-refractivity contribution >= 4 is 17.3 Å². The summed E-state index contributed by atoms with van der Waals surface area (Å²) in [6.45, 7) is 0. The largest absolute Gasteiger partial charge is 0.495 e. The van der Waals surface area contributed by atoms with Gasteiger partial charge >= 0.3 is 0 Å². The highest BCUT2D eigenvalue weighted by atomic mass is 19.1. The van der Waals surface area contributed by atoms with Crippen molar-refractivity contribution in [2.45, 2.75) is 0 Å². The summed E-state index contributed by atoms with van der Waals surface area (Å²) in [7, 11) is 1.42. The summed E-state index contributed by atoms with van der Waals surface area (Å²) in [6, 6.07) is 10.7. The minimum atomic E-state index is -0.678. The number of benzene rings is 2. The fourth-order valence-corrected chi connectivity index (χ4v) is 1.84. The first kappa shape index (κ1) is 14.3. The van der Waals surface area contributed by atoms with E-state index in [-0.39, 0.29) is 22.5 Å². The van der Waals surface area contributed by atoms with Crippen LogP contribution in [0.3, 0.4) is 0 Å². The van der Waals surface area contributed by atoms with Gasteiger partial charge in [0.25, 0.3) is 5.91 Å². The number of amides is 1. The number of carbonyl (C=O) groups is 1. The topological polar surface area (TPSA) is 88.1 Å². The number of nitrogen functional groups attached to an aromatic ring is 1. The Morgan fingerprint density at radius 2 is 2.05 bits per heavy atom. The Morgan fingerprint density at radius 3 is 2.71 bits per heavy atom. The van der Waals surface area contributed by atoms with Crippen LogP contribution in [-0.4, -0.2) is 13.0 Å². The van der Waals surface area contributed by atoms with Gasteiger partial charge in [0.15, 0.2) is 0 Å². The van der Waals surface area contributed by atoms with Crippen LogP contribution in [-0.2, 0) is 0 Å². The van der Waals surface area contributed by atoms with E-state index in [4.69, 9.17) is 15.7 Å². The Labute approximate surface area is 120 Å². The highest BCUT2D eigenvalue weighted by molar-refractivity contribution is 6.09. The smallest absolute Gasteiger partial charge is 0.257 e. The summed E-state index contributed by atoms with van der Waals surface area (Å²) in [5.41, 5.74) is 5.74. The minimum Gasteiger partial charge on any atom is -0.495 e. The van der Waals surface area contributed by atoms with Gasteiger partial charge in [0.05, 0.1) is 23.9 Å². The lowest BCUT2D eigenvalue weighted by Crippen LogP contribution is -2.16. The average molecular weight is 285 g/mol. The lowest BCUT2D eigenvalue weighted by atomic mass is 10.1. The first-order valence-electron chi connectivity index (χ1n) is 6.01. The molecule has 0 unspecified atom stereocenters. The molecule has 106 valence electrons. The van der Waals surface area contributed by atoms with Crippen molar-refractivity contribution in [3.63, 3.8) is 0 Å². The van der Waals surface area contributed by atoms with Gasteiger partial charge in [0.2, 0.25) is 0 Å². The van der Waals surface area contributed by atoms with E-state index in [1.165, 1.54) is 25.3 Å². The van der Waals surface area contributed by atoms with Gasteiger partial charge in [0.1, 0.15) is 23.3 Å². The van der Waals surface area contributed by atoms with Crippen LogP contribution >= 0.6 is 0 Å². The molecule has 5 nitrogen and oxygen atoms in total. The van der Waals surface area contributed by atoms with Gasteiger partial charge in [0, 0.05) is 0 Å². The van der Waals surface area contributed by atoms with Crippen LogP contribution in [0.1, 0.15) is 15.9 Å². The normalized spacial score (nSPS) is 9.76. The van der Waals surface area contributed by atoms with Gasteiger partial charge in [-0.3, -0.25) is 4.79 Å². The van der Waals surface area contributed by atoms with Gasteiger partial charge in [-0.1, -0.05) is 12.1 Å². The Balaban J connectivity index is 2.41. The fraction of sp³-hybridized carbons (Fsp3) is 0.0667. The molecule has 6 heteroatoms. The van der Waals surface area contributed by atoms with Gasteiger partial charge in [-0.05, 0) is 24.3 Å². The molecule has 0 saturated heterocycles. The van der Waals surface area contributed by atoms with E-state index in [2.05, 4.69) is 5.32 Å². The Kier molecular flexibility index (Phi) is 4.05. The third-order valence-electron chi connectivity index (χ3n) is 2.90. The highest BCUT2D eigenvalue weighted by Crippen LogP contribution is 2.29. The standard InChI is InChI=1S/C15H12FN3O2/c1-21-12-7-2-4-9(8-17)14(12)19-15(20)10-5-3-6-11(16)13(10)18/h2-7H,18H2,1H3,(H,19,20). The summed E-state index contributed by atoms with van der Waals surface area (Å²) in [6.07, 6.45) is 0. The number of carbonyl (C=O) groups excluding carboxylic acids is 1. The number of halogens is 1. The summed E-state index contributed by atoms with van der Waals surface area (Å²) >= 11 is 0. The van der Waals surface area contributed by atoms with Crippen molar-refractivity contribution in [1.29, 1.82) is 5.26 Å². The molecule has 0 radical (unpaired) electrons. The fourth-order valence-electron chi connectivity index (χ4n) is 1.84. The molecular formula is C15H12FN3O2. The van der Waals surface area contributed by atoms with E-state index in [0.29, 0.717) is 5.75 Å². The zero-order chi connectivity index (χ0) is 15.4. The van der Waals surface area contributed by atoms with Crippen LogP contribution in [0.2, 0.25) is 0 Å². The maximum Gasteiger partial charge on any atom is 0.257 e. The van der Waals surface area contributed by atoms with Crippen LogP contribution < -0.4 is 15.8 Å². The maximum atomic E-state index is 13.4. The van der Waals surface area contributed by atoms with E-state index < -0.39 is 11.7 Å². The van der Waals surface area contributed by atoms with Gasteiger partial charge in [-0.2, -0.15) is 5.26 Å². The number of nitriles is 1. The molecule has 2 aromatic carbocycles. The number of hydrogen-bond acceptors (Lipinski definition) is 4. The molecule has 0 aliphatic rings. The Bertz CT molecular complexity index is 738. The van der Waals surface area contributed by atoms with Crippen LogP contribution in [0.5, 0.6) is 5.75 Å². The van der Waals surface area contributed by atoms with E-state index >= 15 is 0 Å². The summed E-state index contributed by atoms with van der Waals surface area (Å²) in [5.74, 6) is -0.964. The van der Waals surface area contributed by atoms with E-state index in [0.717, 1.165) is 6.07 Å². The van der Waals surface area contributed by atoms with Gasteiger partial charge in [-0.15, -0.1) is 0 Å². The molecule has 0 saturated carbocycles. The number of methoxy groups -OCH3 is 1. The van der Waals surface area contributed by atoms with Crippen molar-refractivity contribution in [1.82, 2.24) is 0 Å². The van der Waals surface area contributed by atoms with Crippen LogP contribution in [0, 0.1) is 17.1 Å². The van der Waals surface area contributed by atoms with Crippen LogP contribution in [0.25, 0.3) is 0 Å². The molecule has 0 aliphatic heterocycles. The molecule has 0 heterocycles. The molecule has 0 spiro atoms. The molecule has 0 aromatic heterocycles. The number of ether oxygens (including phenoxy) is 1. The average Bonchev–Trinajstić information content (AvgIpc) is 2.50. The molecular weight excluding hydrogens is 273 g/mol. The maximum absolute atomic E-state index is 13.4. The Morgan fingerprint density at radius 1 is 1.33 bits per heavy atom. The van der Waals surface area contributed by atoms with E-state index in [1.807, 2.05) is 6.07 Å². The molecule has 3 N–H and O–H groups in total. The van der Waals surface area contributed by atoms with E-state index in [1.54, 1.807) is 12.1 Å². The molecule has 0 bridgehead atoms. The highest BCUT2D eigenvalue weighted by Gasteiger charge is 2.16. The number of nitrogens with zero attached hydrogens (tertiary/aromatic N) is 1. The number of rotatable bonds is 3. The number of anilines is 2. The quantitative estimate of drug-likeness (QED) is 0.848. The molecule has 0 aliphatic carbocycles. The van der Waals surface area contributed by atoms with Crippen LogP contribution in [0.15, 0.2) is 36.4 Å². The molecule has 0 fully saturated rings. The third-order valence-corrected chi connectivity index (χ3v) is 2.90. The van der Waals surface area contributed by atoms with Gasteiger partial charge in [-0.25, -0.2) is 4.39 Å². The summed E-state index contributed by atoms with van der Waals surface area (Å²) in [4.78, 5) is 12.2. The number of nitrogens with two attached hydrogens (primary N) is 1. The predicted octanol–water partition coefficient (Wildman–Crippen LogP) is 2.54. The second kappa shape index (κ2) is 5.92. The predicted molar refractivity (Wildman–Crippen MR) is 76.5 cm³/mol. The zero-order valence-electron chi connectivity index (χ0n) is 11.2. The second-order valence-corrected chi connectivity index (χ2v) is 4.15. The van der Waals surface area contributed by atoms with Crippen molar-refractivity contribution in [3.8, 4) is 11.8 Å². The first-order chi connectivity index (χ1) is 10.1. The third kappa shape index (κ3) is 2.77. The van der Waals surface area contributed by atoms with Crippen molar-refractivity contribution in [2.75, 3.05) is 18.2 Å². The van der Waals surface area contributed by atoms with Crippen molar-refractivity contribution in [2.24, 2.45) is 0 Å². The summed E-state index contributed by atoms with van der Waals surface area (Å²) < 4.78 is 18.5. The Hall–Kier alpha value is -3.07. The molecule has 2 rings (SSSR count). The molecule has 1 amide bonds. The first-order valence-corrected chi connectivity index (χ1v) is 6.01. The zero-order valence-corrected chi connectivity index (χ0v) is 11.2. The van der Waals surface area contributed by atoms with Gasteiger partial charge < -0.3 is 15.8 Å². The SMILES string of the molecule is COc1cccc(C#N)c1NC(=O)c1cccc(F)c1N. The molecule has 21 heavy (non-hydrogen) atoms. The second-order valence-electron chi connectivity index (χ2n) is 4.15. The molecule has 2 aromatic rings. The number of nitrogens with one attached hydrogen (secondary N) is 1. The van der Waals surface area contributed by atoms with Crippen LogP contribution in [0.4, 0.5) is 15.8 Å². The summed E-state index contributed by atoms with van der Waals surface area (Å²) in [5, 5.41) is 11.6. The van der Waals surface area contributed by atoms with Crippen molar-refractivity contribution in [3.05, 3.63) is 53.3 Å². The van der Waals surface area contributed by atoms with Crippen molar-refractivity contribution < 1.29 is 13.9 Å². The molecule has 0 atom stereocenters.